The summed E-state index contributed by atoms with van der Waals surface area (Å²) in [6.07, 6.45) is 1.17. The zero-order chi connectivity index (χ0) is 19.2. The van der Waals surface area contributed by atoms with Gasteiger partial charge in [0.1, 0.15) is 5.75 Å². The number of nitrogens with zero attached hydrogens (tertiary/aromatic N) is 2. The van der Waals surface area contributed by atoms with E-state index in [4.69, 9.17) is 4.74 Å². The van der Waals surface area contributed by atoms with Crippen LogP contribution in [0.1, 0.15) is 19.8 Å². The van der Waals surface area contributed by atoms with Crippen molar-refractivity contribution in [3.63, 3.8) is 0 Å². The van der Waals surface area contributed by atoms with Gasteiger partial charge in [0, 0.05) is 44.8 Å². The molecular formula is C18H29N3O4S. The summed E-state index contributed by atoms with van der Waals surface area (Å²) < 4.78 is 30.4. The fraction of sp³-hybridized carbons (Fsp3) is 0.611. The highest BCUT2D eigenvalue weighted by molar-refractivity contribution is 7.89. The third kappa shape index (κ3) is 5.35. The van der Waals surface area contributed by atoms with Crippen molar-refractivity contribution in [3.8, 4) is 5.75 Å². The molecule has 26 heavy (non-hydrogen) atoms. The lowest BCUT2D eigenvalue weighted by Gasteiger charge is -2.30. The Morgan fingerprint density at radius 3 is 2.42 bits per heavy atom. The molecule has 1 amide bonds. The Balaban J connectivity index is 1.73. The number of carbonyl (C=O) groups excluding carboxylic acids is 1. The Labute approximate surface area is 156 Å². The van der Waals surface area contributed by atoms with Crippen LogP contribution >= 0.6 is 0 Å². The van der Waals surface area contributed by atoms with Gasteiger partial charge in [0.25, 0.3) is 0 Å². The normalized spacial score (nSPS) is 16.3. The Kier molecular flexibility index (Phi) is 7.28. The molecule has 1 aliphatic heterocycles. The zero-order valence-electron chi connectivity index (χ0n) is 15.8. The van der Waals surface area contributed by atoms with Gasteiger partial charge in [-0.2, -0.15) is 0 Å². The molecule has 0 aliphatic carbocycles. The molecule has 0 atom stereocenters. The van der Waals surface area contributed by atoms with Crippen molar-refractivity contribution < 1.29 is 17.9 Å². The van der Waals surface area contributed by atoms with Crippen LogP contribution in [-0.4, -0.2) is 64.7 Å². The van der Waals surface area contributed by atoms with E-state index >= 15 is 0 Å². The molecule has 0 bridgehead atoms. The molecule has 1 aliphatic rings. The number of methoxy groups -OCH3 is 1. The van der Waals surface area contributed by atoms with Gasteiger partial charge in [0.05, 0.1) is 12.9 Å². The van der Waals surface area contributed by atoms with Gasteiger partial charge in [-0.1, -0.05) is 0 Å². The largest absolute Gasteiger partial charge is 0.497 e. The van der Waals surface area contributed by atoms with E-state index in [2.05, 4.69) is 10.2 Å². The van der Waals surface area contributed by atoms with Crippen molar-refractivity contribution in [1.29, 1.82) is 0 Å². The Hall–Kier alpha value is -1.80. The van der Waals surface area contributed by atoms with Crippen LogP contribution in [-0.2, 0) is 14.8 Å². The molecule has 8 heteroatoms. The number of hydrogen-bond donors (Lipinski definition) is 1. The lowest BCUT2D eigenvalue weighted by Crippen LogP contribution is -2.44. The number of piperidine rings is 1. The van der Waals surface area contributed by atoms with Gasteiger partial charge in [-0.05, 0) is 44.0 Å². The SMILES string of the molecule is CCS(=O)(=O)N1CCC(C(=O)NCCN(C)c2ccc(OC)cc2)CC1. The lowest BCUT2D eigenvalue weighted by molar-refractivity contribution is -0.126. The van der Waals surface area contributed by atoms with Crippen LogP contribution in [0, 0.1) is 5.92 Å². The number of carbonyl (C=O) groups is 1. The summed E-state index contributed by atoms with van der Waals surface area (Å²) >= 11 is 0. The molecule has 7 nitrogen and oxygen atoms in total. The van der Waals surface area contributed by atoms with Gasteiger partial charge >= 0.3 is 0 Å². The van der Waals surface area contributed by atoms with Crippen LogP contribution in [0.25, 0.3) is 0 Å². The third-order valence-electron chi connectivity index (χ3n) is 4.84. The summed E-state index contributed by atoms with van der Waals surface area (Å²) in [6.45, 7) is 3.75. The first-order chi connectivity index (χ1) is 12.4. The van der Waals surface area contributed by atoms with E-state index in [9.17, 15) is 13.2 Å². The maximum atomic E-state index is 12.3. The molecule has 1 aromatic carbocycles. The predicted octanol–water partition coefficient (Wildman–Crippen LogP) is 1.31. The lowest BCUT2D eigenvalue weighted by atomic mass is 9.97. The fourth-order valence-electron chi connectivity index (χ4n) is 3.04. The summed E-state index contributed by atoms with van der Waals surface area (Å²) in [5.74, 6) is 0.833. The summed E-state index contributed by atoms with van der Waals surface area (Å²) in [7, 11) is 0.461. The molecule has 0 aromatic heterocycles. The summed E-state index contributed by atoms with van der Waals surface area (Å²) in [4.78, 5) is 14.4. The number of ether oxygens (including phenoxy) is 1. The number of hydrogen-bond acceptors (Lipinski definition) is 5. The predicted molar refractivity (Wildman–Crippen MR) is 103 cm³/mol. The monoisotopic (exact) mass is 383 g/mol. The second-order valence-corrected chi connectivity index (χ2v) is 8.74. The molecule has 1 aromatic rings. The summed E-state index contributed by atoms with van der Waals surface area (Å²) in [5, 5.41) is 2.97. The van der Waals surface area contributed by atoms with E-state index in [0.29, 0.717) is 39.0 Å². The van der Waals surface area contributed by atoms with Crippen molar-refractivity contribution in [3.05, 3.63) is 24.3 Å². The second-order valence-electron chi connectivity index (χ2n) is 6.48. The molecule has 1 N–H and O–H groups in total. The van der Waals surface area contributed by atoms with Gasteiger partial charge in [-0.3, -0.25) is 4.79 Å². The molecule has 146 valence electrons. The number of nitrogens with one attached hydrogen (secondary N) is 1. The first-order valence-corrected chi connectivity index (χ1v) is 10.6. The second kappa shape index (κ2) is 9.23. The van der Waals surface area contributed by atoms with Crippen LogP contribution in [0.3, 0.4) is 0 Å². The van der Waals surface area contributed by atoms with E-state index in [1.807, 2.05) is 31.3 Å². The molecule has 0 spiro atoms. The number of benzene rings is 1. The summed E-state index contributed by atoms with van der Waals surface area (Å²) in [6, 6.07) is 7.76. The van der Waals surface area contributed by atoms with Crippen LogP contribution in [0.4, 0.5) is 5.69 Å². The van der Waals surface area contributed by atoms with E-state index < -0.39 is 10.0 Å². The first-order valence-electron chi connectivity index (χ1n) is 8.98. The maximum absolute atomic E-state index is 12.3. The van der Waals surface area contributed by atoms with E-state index in [-0.39, 0.29) is 17.6 Å². The van der Waals surface area contributed by atoms with E-state index in [1.165, 1.54) is 4.31 Å². The highest BCUT2D eigenvalue weighted by atomic mass is 32.2. The molecular weight excluding hydrogens is 354 g/mol. The topological polar surface area (TPSA) is 79.0 Å². The number of likely N-dealkylation sites (N-methyl/N-ethyl adjacent to an activating group) is 1. The van der Waals surface area contributed by atoms with E-state index in [1.54, 1.807) is 14.0 Å². The Morgan fingerprint density at radius 1 is 1.27 bits per heavy atom. The maximum Gasteiger partial charge on any atom is 0.223 e. The van der Waals surface area contributed by atoms with Gasteiger partial charge in [0.15, 0.2) is 0 Å². The number of anilines is 1. The van der Waals surface area contributed by atoms with Crippen LogP contribution in [0.5, 0.6) is 5.75 Å². The smallest absolute Gasteiger partial charge is 0.223 e. The minimum absolute atomic E-state index is 0.0154. The average molecular weight is 384 g/mol. The quantitative estimate of drug-likeness (QED) is 0.732. The van der Waals surface area contributed by atoms with Crippen molar-refractivity contribution in [2.24, 2.45) is 5.92 Å². The van der Waals surface area contributed by atoms with Gasteiger partial charge < -0.3 is 15.0 Å². The number of amides is 1. The highest BCUT2D eigenvalue weighted by Gasteiger charge is 2.29. The molecule has 2 rings (SSSR count). The van der Waals surface area contributed by atoms with Crippen molar-refractivity contribution in [1.82, 2.24) is 9.62 Å². The highest BCUT2D eigenvalue weighted by Crippen LogP contribution is 2.20. The van der Waals surface area contributed by atoms with Crippen molar-refractivity contribution >= 4 is 21.6 Å². The Bertz CT molecular complexity index is 683. The number of sulfonamides is 1. The first kappa shape index (κ1) is 20.5. The van der Waals surface area contributed by atoms with Crippen molar-refractivity contribution in [2.75, 3.05) is 51.0 Å². The molecule has 0 radical (unpaired) electrons. The number of rotatable bonds is 8. The zero-order valence-corrected chi connectivity index (χ0v) is 16.6. The third-order valence-corrected chi connectivity index (χ3v) is 6.72. The van der Waals surface area contributed by atoms with Crippen LogP contribution < -0.4 is 15.0 Å². The van der Waals surface area contributed by atoms with Crippen LogP contribution in [0.15, 0.2) is 24.3 Å². The molecule has 0 unspecified atom stereocenters. The minimum Gasteiger partial charge on any atom is -0.497 e. The van der Waals surface area contributed by atoms with Crippen molar-refractivity contribution in [2.45, 2.75) is 19.8 Å². The molecule has 1 heterocycles. The Morgan fingerprint density at radius 2 is 1.88 bits per heavy atom. The van der Waals surface area contributed by atoms with E-state index in [0.717, 1.165) is 11.4 Å². The standard InChI is InChI=1S/C18H29N3O4S/c1-4-26(23,24)21-12-9-15(10-13-21)18(22)19-11-14-20(2)16-5-7-17(25-3)8-6-16/h5-8,15H,4,9-14H2,1-3H3,(H,19,22). The van der Waals surface area contributed by atoms with Gasteiger partial charge in [-0.15, -0.1) is 0 Å². The molecule has 1 saturated heterocycles. The average Bonchev–Trinajstić information content (AvgIpc) is 2.68. The summed E-state index contributed by atoms with van der Waals surface area (Å²) in [5.41, 5.74) is 1.05. The fourth-order valence-corrected chi connectivity index (χ4v) is 4.17. The molecule has 0 saturated carbocycles. The van der Waals surface area contributed by atoms with Crippen LogP contribution in [0.2, 0.25) is 0 Å². The van der Waals surface area contributed by atoms with Gasteiger partial charge in [0.2, 0.25) is 15.9 Å². The minimum atomic E-state index is -3.15. The molecule has 1 fully saturated rings. The van der Waals surface area contributed by atoms with Gasteiger partial charge in [-0.25, -0.2) is 12.7 Å².